The summed E-state index contributed by atoms with van der Waals surface area (Å²) in [4.78, 5) is 39.4. The average Bonchev–Trinajstić information content (AvgIpc) is 3.34. The maximum Gasteiger partial charge on any atom is 0.328 e. The molecule has 122 valence electrons. The van der Waals surface area contributed by atoms with Crippen LogP contribution in [0, 0.1) is 0 Å². The quantitative estimate of drug-likeness (QED) is 0.797. The lowest BCUT2D eigenvalue weighted by Gasteiger charge is -2.08. The van der Waals surface area contributed by atoms with Gasteiger partial charge in [0.25, 0.3) is 11.5 Å². The van der Waals surface area contributed by atoms with Crippen molar-refractivity contribution >= 4 is 16.8 Å². The van der Waals surface area contributed by atoms with Gasteiger partial charge in [0.1, 0.15) is 0 Å². The zero-order chi connectivity index (χ0) is 16.4. The number of nitrogens with one attached hydrogen (secondary N) is 2. The van der Waals surface area contributed by atoms with Crippen molar-refractivity contribution < 1.29 is 4.79 Å². The predicted molar refractivity (Wildman–Crippen MR) is 88.8 cm³/mol. The molecule has 0 atom stereocenters. The Balaban J connectivity index is 1.94. The molecule has 0 radical (unpaired) electrons. The monoisotopic (exact) mass is 315 g/mol. The van der Waals surface area contributed by atoms with Crippen LogP contribution in [0.15, 0.2) is 27.8 Å². The summed E-state index contributed by atoms with van der Waals surface area (Å²) < 4.78 is 1.24. The van der Waals surface area contributed by atoms with Gasteiger partial charge in [-0.05, 0) is 37.5 Å². The molecule has 6 nitrogen and oxygen atoms in total. The third kappa shape index (κ3) is 3.36. The van der Waals surface area contributed by atoms with Gasteiger partial charge in [0.2, 0.25) is 0 Å². The van der Waals surface area contributed by atoms with Crippen LogP contribution < -0.4 is 16.6 Å². The summed E-state index contributed by atoms with van der Waals surface area (Å²) in [6, 6.07) is 5.09. The van der Waals surface area contributed by atoms with Gasteiger partial charge in [-0.15, -0.1) is 0 Å². The number of hydrogen-bond acceptors (Lipinski definition) is 3. The van der Waals surface area contributed by atoms with Crippen LogP contribution in [0.25, 0.3) is 10.9 Å². The second-order valence-corrected chi connectivity index (χ2v) is 6.10. The molecule has 1 aromatic heterocycles. The maximum absolute atomic E-state index is 12.5. The van der Waals surface area contributed by atoms with E-state index >= 15 is 0 Å². The molecule has 6 heteroatoms. The molecule has 1 aliphatic carbocycles. The Morgan fingerprint density at radius 1 is 1.30 bits per heavy atom. The SMILES string of the molecule is CCCCCn1c(=O)[nH]c2cc(C(=O)NC3CC3)ccc2c1=O. The van der Waals surface area contributed by atoms with Crippen molar-refractivity contribution in [1.82, 2.24) is 14.9 Å². The number of hydrogen-bond donors (Lipinski definition) is 2. The Kier molecular flexibility index (Phi) is 4.32. The Morgan fingerprint density at radius 2 is 2.09 bits per heavy atom. The van der Waals surface area contributed by atoms with Gasteiger partial charge in [-0.3, -0.25) is 14.2 Å². The van der Waals surface area contributed by atoms with E-state index in [1.54, 1.807) is 18.2 Å². The highest BCUT2D eigenvalue weighted by atomic mass is 16.2. The Labute approximate surface area is 133 Å². The van der Waals surface area contributed by atoms with Crippen molar-refractivity contribution in [2.75, 3.05) is 0 Å². The van der Waals surface area contributed by atoms with E-state index in [4.69, 9.17) is 0 Å². The molecule has 1 heterocycles. The molecule has 1 amide bonds. The van der Waals surface area contributed by atoms with Crippen molar-refractivity contribution in [3.05, 3.63) is 44.6 Å². The number of benzene rings is 1. The molecule has 1 fully saturated rings. The van der Waals surface area contributed by atoms with Crippen molar-refractivity contribution in [3.63, 3.8) is 0 Å². The second kappa shape index (κ2) is 6.40. The molecule has 1 aliphatic rings. The first-order valence-corrected chi connectivity index (χ1v) is 8.18. The second-order valence-electron chi connectivity index (χ2n) is 6.10. The number of carbonyl (C=O) groups is 1. The molecule has 0 aliphatic heterocycles. The Bertz CT molecular complexity index is 846. The average molecular weight is 315 g/mol. The number of rotatable bonds is 6. The third-order valence-corrected chi connectivity index (χ3v) is 4.14. The molecule has 1 aromatic carbocycles. The molecular weight excluding hydrogens is 294 g/mol. The van der Waals surface area contributed by atoms with Gasteiger partial charge in [-0.2, -0.15) is 0 Å². The van der Waals surface area contributed by atoms with E-state index in [0.29, 0.717) is 23.0 Å². The van der Waals surface area contributed by atoms with E-state index in [0.717, 1.165) is 32.1 Å². The number of amides is 1. The fourth-order valence-corrected chi connectivity index (χ4v) is 2.62. The lowest BCUT2D eigenvalue weighted by Crippen LogP contribution is -2.35. The summed E-state index contributed by atoms with van der Waals surface area (Å²) in [5, 5.41) is 3.33. The van der Waals surface area contributed by atoms with Crippen LogP contribution in [0.3, 0.4) is 0 Å². The summed E-state index contributed by atoms with van der Waals surface area (Å²) in [7, 11) is 0. The summed E-state index contributed by atoms with van der Waals surface area (Å²) in [6.07, 6.45) is 4.83. The third-order valence-electron chi connectivity index (χ3n) is 4.14. The van der Waals surface area contributed by atoms with Crippen molar-refractivity contribution in [1.29, 1.82) is 0 Å². The fourth-order valence-electron chi connectivity index (χ4n) is 2.62. The number of nitrogens with zero attached hydrogens (tertiary/aromatic N) is 1. The normalized spacial score (nSPS) is 14.1. The number of unbranched alkanes of at least 4 members (excludes halogenated alkanes) is 2. The van der Waals surface area contributed by atoms with Crippen LogP contribution in [0.1, 0.15) is 49.4 Å². The Hall–Kier alpha value is -2.37. The number of aromatic nitrogens is 2. The number of fused-ring (bicyclic) bond motifs is 1. The van der Waals surface area contributed by atoms with E-state index in [1.807, 2.05) is 0 Å². The first-order valence-electron chi connectivity index (χ1n) is 8.18. The summed E-state index contributed by atoms with van der Waals surface area (Å²) in [5.74, 6) is -0.164. The first kappa shape index (κ1) is 15.5. The zero-order valence-corrected chi connectivity index (χ0v) is 13.2. The minimum atomic E-state index is -0.418. The van der Waals surface area contributed by atoms with Crippen LogP contribution >= 0.6 is 0 Å². The lowest BCUT2D eigenvalue weighted by atomic mass is 10.1. The van der Waals surface area contributed by atoms with Gasteiger partial charge in [0, 0.05) is 18.2 Å². The van der Waals surface area contributed by atoms with Crippen LogP contribution in [-0.2, 0) is 6.54 Å². The molecular formula is C17H21N3O3. The molecule has 0 spiro atoms. The van der Waals surface area contributed by atoms with Gasteiger partial charge in [-0.25, -0.2) is 4.79 Å². The summed E-state index contributed by atoms with van der Waals surface area (Å²) in [6.45, 7) is 2.49. The maximum atomic E-state index is 12.5. The van der Waals surface area contributed by atoms with E-state index in [2.05, 4.69) is 17.2 Å². The Morgan fingerprint density at radius 3 is 2.78 bits per heavy atom. The number of aromatic amines is 1. The van der Waals surface area contributed by atoms with E-state index in [9.17, 15) is 14.4 Å². The molecule has 0 bridgehead atoms. The minimum absolute atomic E-state index is 0.164. The summed E-state index contributed by atoms with van der Waals surface area (Å²) in [5.41, 5.74) is 0.158. The molecule has 23 heavy (non-hydrogen) atoms. The molecule has 0 unspecified atom stereocenters. The van der Waals surface area contributed by atoms with Crippen molar-refractivity contribution in [2.45, 2.75) is 51.6 Å². The van der Waals surface area contributed by atoms with Crippen molar-refractivity contribution in [3.8, 4) is 0 Å². The molecule has 2 N–H and O–H groups in total. The van der Waals surface area contributed by atoms with Crippen LogP contribution in [0.2, 0.25) is 0 Å². The lowest BCUT2D eigenvalue weighted by molar-refractivity contribution is 0.0951. The molecule has 3 rings (SSSR count). The highest BCUT2D eigenvalue weighted by molar-refractivity contribution is 5.97. The standard InChI is InChI=1S/C17H21N3O3/c1-2-3-4-9-20-16(22)13-8-5-11(10-14(13)19-17(20)23)15(21)18-12-6-7-12/h5,8,10,12H,2-4,6-7,9H2,1H3,(H,18,21)(H,19,23). The van der Waals surface area contributed by atoms with Gasteiger partial charge >= 0.3 is 5.69 Å². The van der Waals surface area contributed by atoms with E-state index in [-0.39, 0.29) is 17.5 Å². The van der Waals surface area contributed by atoms with Gasteiger partial charge in [0.05, 0.1) is 10.9 Å². The first-order chi connectivity index (χ1) is 11.1. The van der Waals surface area contributed by atoms with Crippen molar-refractivity contribution in [2.24, 2.45) is 0 Å². The van der Waals surface area contributed by atoms with E-state index in [1.165, 1.54) is 4.57 Å². The summed E-state index contributed by atoms with van der Waals surface area (Å²) >= 11 is 0. The highest BCUT2D eigenvalue weighted by Gasteiger charge is 2.24. The van der Waals surface area contributed by atoms with Gasteiger partial charge < -0.3 is 10.3 Å². The zero-order valence-electron chi connectivity index (χ0n) is 13.2. The fraction of sp³-hybridized carbons (Fsp3) is 0.471. The minimum Gasteiger partial charge on any atom is -0.349 e. The predicted octanol–water partition coefficient (Wildman–Crippen LogP) is 1.77. The van der Waals surface area contributed by atoms with Crippen LogP contribution in [-0.4, -0.2) is 21.5 Å². The van der Waals surface area contributed by atoms with Gasteiger partial charge in [0.15, 0.2) is 0 Å². The molecule has 2 aromatic rings. The number of H-pyrrole nitrogens is 1. The molecule has 0 saturated heterocycles. The van der Waals surface area contributed by atoms with Crippen LogP contribution in [0.4, 0.5) is 0 Å². The smallest absolute Gasteiger partial charge is 0.328 e. The molecule has 1 saturated carbocycles. The van der Waals surface area contributed by atoms with Gasteiger partial charge in [-0.1, -0.05) is 19.8 Å². The highest BCUT2D eigenvalue weighted by Crippen LogP contribution is 2.19. The topological polar surface area (TPSA) is 84.0 Å². The largest absolute Gasteiger partial charge is 0.349 e. The van der Waals surface area contributed by atoms with E-state index < -0.39 is 5.69 Å². The van der Waals surface area contributed by atoms with Crippen LogP contribution in [0.5, 0.6) is 0 Å². The number of carbonyl (C=O) groups excluding carboxylic acids is 1.